The van der Waals surface area contributed by atoms with Crippen molar-refractivity contribution in [2.45, 2.75) is 23.1 Å². The van der Waals surface area contributed by atoms with E-state index in [2.05, 4.69) is 15.3 Å². The molecule has 0 saturated carbocycles. The van der Waals surface area contributed by atoms with Gasteiger partial charge in [-0.1, -0.05) is 12.1 Å². The summed E-state index contributed by atoms with van der Waals surface area (Å²) in [6, 6.07) is 7.28. The van der Waals surface area contributed by atoms with E-state index in [4.69, 9.17) is 0 Å². The van der Waals surface area contributed by atoms with E-state index < -0.39 is 15.1 Å². The number of piperidine rings is 1. The highest BCUT2D eigenvalue weighted by molar-refractivity contribution is 7.92. The minimum atomic E-state index is -3.39. The molecule has 1 aliphatic heterocycles. The van der Waals surface area contributed by atoms with Gasteiger partial charge in [-0.25, -0.2) is 13.4 Å². The number of sulfone groups is 1. The SMILES string of the molecule is O=S(=O)(c1cnc2ccccc2n1)C1CCCNC1. The molecule has 0 radical (unpaired) electrons. The molecule has 2 heterocycles. The van der Waals surface area contributed by atoms with Crippen molar-refractivity contribution in [1.29, 1.82) is 0 Å². The number of para-hydroxylation sites is 2. The van der Waals surface area contributed by atoms with Crippen LogP contribution in [0.4, 0.5) is 0 Å². The van der Waals surface area contributed by atoms with Gasteiger partial charge in [-0.05, 0) is 31.5 Å². The van der Waals surface area contributed by atoms with Gasteiger partial charge >= 0.3 is 0 Å². The maximum atomic E-state index is 12.5. The Morgan fingerprint density at radius 1 is 1.21 bits per heavy atom. The molecule has 100 valence electrons. The third kappa shape index (κ3) is 2.33. The lowest BCUT2D eigenvalue weighted by Crippen LogP contribution is -2.39. The van der Waals surface area contributed by atoms with Crippen LogP contribution in [0.5, 0.6) is 0 Å². The largest absolute Gasteiger partial charge is 0.315 e. The fourth-order valence-electron chi connectivity index (χ4n) is 2.33. The summed E-state index contributed by atoms with van der Waals surface area (Å²) in [5.74, 6) is 0. The fraction of sp³-hybridized carbons (Fsp3) is 0.385. The van der Waals surface area contributed by atoms with Crippen LogP contribution in [-0.2, 0) is 9.84 Å². The highest BCUT2D eigenvalue weighted by atomic mass is 32.2. The van der Waals surface area contributed by atoms with Gasteiger partial charge in [0, 0.05) is 6.54 Å². The molecule has 1 aromatic carbocycles. The van der Waals surface area contributed by atoms with E-state index >= 15 is 0 Å². The predicted octanol–water partition coefficient (Wildman–Crippen LogP) is 1.16. The molecule has 1 fully saturated rings. The molecule has 0 bridgehead atoms. The van der Waals surface area contributed by atoms with Gasteiger partial charge in [0.1, 0.15) is 0 Å². The molecule has 1 saturated heterocycles. The summed E-state index contributed by atoms with van der Waals surface area (Å²) < 4.78 is 25.0. The Kier molecular flexibility index (Phi) is 3.20. The quantitative estimate of drug-likeness (QED) is 0.891. The predicted molar refractivity (Wildman–Crippen MR) is 72.6 cm³/mol. The lowest BCUT2D eigenvalue weighted by Gasteiger charge is -2.22. The van der Waals surface area contributed by atoms with Gasteiger partial charge < -0.3 is 5.32 Å². The minimum absolute atomic E-state index is 0.0832. The number of hydrogen-bond donors (Lipinski definition) is 1. The van der Waals surface area contributed by atoms with Gasteiger partial charge in [0.25, 0.3) is 0 Å². The highest BCUT2D eigenvalue weighted by Gasteiger charge is 2.30. The van der Waals surface area contributed by atoms with Gasteiger partial charge in [-0.3, -0.25) is 4.98 Å². The Morgan fingerprint density at radius 2 is 2.00 bits per heavy atom. The summed E-state index contributed by atoms with van der Waals surface area (Å²) in [7, 11) is -3.39. The first-order valence-electron chi connectivity index (χ1n) is 6.34. The fourth-order valence-corrected chi connectivity index (χ4v) is 3.91. The summed E-state index contributed by atoms with van der Waals surface area (Å²) in [6.07, 6.45) is 2.93. The van der Waals surface area contributed by atoms with Gasteiger partial charge in [-0.15, -0.1) is 0 Å². The van der Waals surface area contributed by atoms with Crippen LogP contribution in [0.2, 0.25) is 0 Å². The molecule has 0 aliphatic carbocycles. The second-order valence-electron chi connectivity index (χ2n) is 4.71. The first-order valence-corrected chi connectivity index (χ1v) is 7.89. The van der Waals surface area contributed by atoms with Crippen molar-refractivity contribution in [1.82, 2.24) is 15.3 Å². The molecule has 3 rings (SSSR count). The first kappa shape index (κ1) is 12.5. The van der Waals surface area contributed by atoms with E-state index in [0.717, 1.165) is 13.0 Å². The molecule has 2 aromatic rings. The van der Waals surface area contributed by atoms with Crippen LogP contribution in [0, 0.1) is 0 Å². The second-order valence-corrected chi connectivity index (χ2v) is 6.89. The van der Waals surface area contributed by atoms with Crippen molar-refractivity contribution in [3.8, 4) is 0 Å². The number of aromatic nitrogens is 2. The Labute approximate surface area is 112 Å². The molecule has 1 N–H and O–H groups in total. The molecular formula is C13H15N3O2S. The van der Waals surface area contributed by atoms with Gasteiger partial charge in [0.2, 0.25) is 9.84 Å². The Bertz CT molecular complexity index is 694. The summed E-state index contributed by atoms with van der Waals surface area (Å²) in [4.78, 5) is 8.42. The zero-order chi connectivity index (χ0) is 13.3. The van der Waals surface area contributed by atoms with Crippen molar-refractivity contribution in [3.05, 3.63) is 30.5 Å². The van der Waals surface area contributed by atoms with Crippen LogP contribution in [-0.4, -0.2) is 36.7 Å². The third-order valence-corrected chi connectivity index (χ3v) is 5.47. The standard InChI is InChI=1S/C13H15N3O2S/c17-19(18,10-4-3-7-14-8-10)13-9-15-11-5-1-2-6-12(11)16-13/h1-2,5-6,9-10,14H,3-4,7-8H2. The van der Waals surface area contributed by atoms with Crippen LogP contribution >= 0.6 is 0 Å². The highest BCUT2D eigenvalue weighted by Crippen LogP contribution is 2.20. The number of benzene rings is 1. The number of nitrogens with zero attached hydrogens (tertiary/aromatic N) is 2. The van der Waals surface area contributed by atoms with Crippen LogP contribution in [0.1, 0.15) is 12.8 Å². The molecule has 19 heavy (non-hydrogen) atoms. The first-order chi connectivity index (χ1) is 9.18. The molecule has 1 unspecified atom stereocenters. The van der Waals surface area contributed by atoms with Crippen LogP contribution in [0.15, 0.2) is 35.5 Å². The molecule has 1 aliphatic rings. The van der Waals surface area contributed by atoms with E-state index in [1.54, 1.807) is 6.07 Å². The number of fused-ring (bicyclic) bond motifs is 1. The molecule has 6 heteroatoms. The molecule has 1 aromatic heterocycles. The van der Waals surface area contributed by atoms with E-state index in [0.29, 0.717) is 24.0 Å². The molecule has 5 nitrogen and oxygen atoms in total. The Morgan fingerprint density at radius 3 is 2.74 bits per heavy atom. The monoisotopic (exact) mass is 277 g/mol. The van der Waals surface area contributed by atoms with Crippen molar-refractivity contribution < 1.29 is 8.42 Å². The average Bonchev–Trinajstić information content (AvgIpc) is 2.47. The smallest absolute Gasteiger partial charge is 0.201 e. The maximum absolute atomic E-state index is 12.5. The summed E-state index contributed by atoms with van der Waals surface area (Å²) in [6.45, 7) is 1.38. The molecular weight excluding hydrogens is 262 g/mol. The molecule has 1 atom stereocenters. The normalized spacial score (nSPS) is 20.5. The van der Waals surface area contributed by atoms with Crippen molar-refractivity contribution in [2.75, 3.05) is 13.1 Å². The summed E-state index contributed by atoms with van der Waals surface area (Å²) in [5, 5.41) is 2.81. The Balaban J connectivity index is 2.02. The summed E-state index contributed by atoms with van der Waals surface area (Å²) in [5.41, 5.74) is 1.33. The van der Waals surface area contributed by atoms with Crippen molar-refractivity contribution >= 4 is 20.9 Å². The second kappa shape index (κ2) is 4.86. The topological polar surface area (TPSA) is 72.0 Å². The van der Waals surface area contributed by atoms with Crippen molar-refractivity contribution in [3.63, 3.8) is 0 Å². The minimum Gasteiger partial charge on any atom is -0.315 e. The third-order valence-electron chi connectivity index (χ3n) is 3.41. The summed E-state index contributed by atoms with van der Waals surface area (Å²) >= 11 is 0. The van der Waals surface area contributed by atoms with Gasteiger partial charge in [0.05, 0.1) is 22.5 Å². The van der Waals surface area contributed by atoms with Gasteiger partial charge in [-0.2, -0.15) is 0 Å². The van der Waals surface area contributed by atoms with E-state index in [-0.39, 0.29) is 5.03 Å². The van der Waals surface area contributed by atoms with Gasteiger partial charge in [0.15, 0.2) is 5.03 Å². The van der Waals surface area contributed by atoms with Crippen LogP contribution < -0.4 is 5.32 Å². The lowest BCUT2D eigenvalue weighted by atomic mass is 10.2. The molecule has 0 amide bonds. The Hall–Kier alpha value is -1.53. The molecule has 0 spiro atoms. The van der Waals surface area contributed by atoms with Crippen LogP contribution in [0.25, 0.3) is 11.0 Å². The zero-order valence-corrected chi connectivity index (χ0v) is 11.2. The number of nitrogens with one attached hydrogen (secondary N) is 1. The average molecular weight is 277 g/mol. The number of hydrogen-bond acceptors (Lipinski definition) is 5. The van der Waals surface area contributed by atoms with E-state index in [9.17, 15) is 8.42 Å². The lowest BCUT2D eigenvalue weighted by molar-refractivity contribution is 0.495. The zero-order valence-electron chi connectivity index (χ0n) is 10.4. The maximum Gasteiger partial charge on any atom is 0.201 e. The van der Waals surface area contributed by atoms with Crippen LogP contribution in [0.3, 0.4) is 0 Å². The van der Waals surface area contributed by atoms with Crippen molar-refractivity contribution in [2.24, 2.45) is 0 Å². The van der Waals surface area contributed by atoms with E-state index in [1.807, 2.05) is 18.2 Å². The van der Waals surface area contributed by atoms with E-state index in [1.165, 1.54) is 6.20 Å². The number of rotatable bonds is 2.